The Hall–Kier alpha value is -2.08. The Kier molecular flexibility index (Phi) is 4.06. The van der Waals surface area contributed by atoms with Crippen LogP contribution in [0.1, 0.15) is 23.2 Å². The quantitative estimate of drug-likeness (QED) is 0.854. The number of carbonyl (C=O) groups excluding carboxylic acids is 1. The fourth-order valence-electron chi connectivity index (χ4n) is 2.55. The van der Waals surface area contributed by atoms with Gasteiger partial charge >= 0.3 is 0 Å². The number of aryl methyl sites for hydroxylation is 1. The van der Waals surface area contributed by atoms with E-state index in [2.05, 4.69) is 10.00 Å². The molecule has 112 valence electrons. The van der Waals surface area contributed by atoms with Crippen LogP contribution in [0.3, 0.4) is 0 Å². The predicted octanol–water partition coefficient (Wildman–Crippen LogP) is 1.45. The van der Waals surface area contributed by atoms with E-state index in [4.69, 9.17) is 4.42 Å². The summed E-state index contributed by atoms with van der Waals surface area (Å²) < 4.78 is 7.14. The average Bonchev–Trinajstić information content (AvgIpc) is 3.18. The number of carbonyl (C=O) groups is 1. The monoisotopic (exact) mass is 288 g/mol. The van der Waals surface area contributed by atoms with Gasteiger partial charge in [0.25, 0.3) is 5.91 Å². The van der Waals surface area contributed by atoms with Crippen LogP contribution in [0.5, 0.6) is 0 Å². The summed E-state index contributed by atoms with van der Waals surface area (Å²) in [6.45, 7) is 6.79. The smallest absolute Gasteiger partial charge is 0.274 e. The van der Waals surface area contributed by atoms with Crippen molar-refractivity contribution in [1.29, 1.82) is 0 Å². The molecule has 2 aromatic rings. The molecule has 3 rings (SSSR count). The standard InChI is InChI=1S/C15H20N4O2/c1-2-19-6-5-14(16-19)15(20)18-9-7-17(8-10-18)12-13-4-3-11-21-13/h3-6,11H,2,7-10,12H2,1H3. The zero-order valence-electron chi connectivity index (χ0n) is 12.2. The number of hydrogen-bond donors (Lipinski definition) is 0. The molecule has 0 unspecified atom stereocenters. The van der Waals surface area contributed by atoms with Crippen molar-refractivity contribution in [3.05, 3.63) is 42.1 Å². The van der Waals surface area contributed by atoms with Crippen LogP contribution in [0.15, 0.2) is 35.1 Å². The summed E-state index contributed by atoms with van der Waals surface area (Å²) in [5.74, 6) is 0.997. The van der Waals surface area contributed by atoms with Gasteiger partial charge in [0.15, 0.2) is 0 Å². The van der Waals surface area contributed by atoms with Crippen molar-refractivity contribution in [2.24, 2.45) is 0 Å². The molecule has 0 aliphatic carbocycles. The fraction of sp³-hybridized carbons (Fsp3) is 0.467. The first-order valence-electron chi connectivity index (χ1n) is 7.33. The maximum absolute atomic E-state index is 12.4. The highest BCUT2D eigenvalue weighted by atomic mass is 16.3. The van der Waals surface area contributed by atoms with Crippen LogP contribution in [0.4, 0.5) is 0 Å². The minimum Gasteiger partial charge on any atom is -0.468 e. The highest BCUT2D eigenvalue weighted by molar-refractivity contribution is 5.92. The van der Waals surface area contributed by atoms with Crippen molar-refractivity contribution >= 4 is 5.91 Å². The molecular weight excluding hydrogens is 268 g/mol. The molecule has 1 aliphatic rings. The number of furan rings is 1. The van der Waals surface area contributed by atoms with Gasteiger partial charge in [-0.3, -0.25) is 14.4 Å². The Morgan fingerprint density at radius 3 is 2.71 bits per heavy atom. The summed E-state index contributed by atoms with van der Waals surface area (Å²) >= 11 is 0. The SMILES string of the molecule is CCn1ccc(C(=O)N2CCN(Cc3ccco3)CC2)n1. The number of nitrogens with zero attached hydrogens (tertiary/aromatic N) is 4. The molecule has 0 radical (unpaired) electrons. The minimum absolute atomic E-state index is 0.0276. The lowest BCUT2D eigenvalue weighted by molar-refractivity contribution is 0.0614. The van der Waals surface area contributed by atoms with Crippen LogP contribution in [0.2, 0.25) is 0 Å². The summed E-state index contributed by atoms with van der Waals surface area (Å²) in [5.41, 5.74) is 0.538. The number of amides is 1. The molecule has 0 atom stereocenters. The summed E-state index contributed by atoms with van der Waals surface area (Å²) in [5, 5.41) is 4.28. The molecule has 1 amide bonds. The van der Waals surface area contributed by atoms with Crippen molar-refractivity contribution in [2.75, 3.05) is 26.2 Å². The van der Waals surface area contributed by atoms with Gasteiger partial charge < -0.3 is 9.32 Å². The zero-order valence-corrected chi connectivity index (χ0v) is 12.2. The summed E-state index contributed by atoms with van der Waals surface area (Å²) in [6, 6.07) is 5.68. The van der Waals surface area contributed by atoms with Crippen LogP contribution in [-0.4, -0.2) is 51.7 Å². The second-order valence-corrected chi connectivity index (χ2v) is 5.20. The van der Waals surface area contributed by atoms with Crippen molar-refractivity contribution in [3.63, 3.8) is 0 Å². The lowest BCUT2D eigenvalue weighted by Crippen LogP contribution is -2.48. The molecule has 3 heterocycles. The minimum atomic E-state index is 0.0276. The lowest BCUT2D eigenvalue weighted by Gasteiger charge is -2.33. The van der Waals surface area contributed by atoms with Gasteiger partial charge in [0.1, 0.15) is 11.5 Å². The van der Waals surface area contributed by atoms with Crippen molar-refractivity contribution in [2.45, 2.75) is 20.0 Å². The van der Waals surface area contributed by atoms with Gasteiger partial charge in [-0.2, -0.15) is 5.10 Å². The molecule has 21 heavy (non-hydrogen) atoms. The normalized spacial score (nSPS) is 16.3. The topological polar surface area (TPSA) is 54.5 Å². The average molecular weight is 288 g/mol. The molecule has 0 bridgehead atoms. The largest absolute Gasteiger partial charge is 0.468 e. The molecular formula is C15H20N4O2. The van der Waals surface area contributed by atoms with E-state index in [1.807, 2.05) is 30.2 Å². The van der Waals surface area contributed by atoms with Crippen LogP contribution < -0.4 is 0 Å². The van der Waals surface area contributed by atoms with E-state index >= 15 is 0 Å². The molecule has 6 heteroatoms. The Morgan fingerprint density at radius 2 is 2.10 bits per heavy atom. The van der Waals surface area contributed by atoms with E-state index in [-0.39, 0.29) is 5.91 Å². The van der Waals surface area contributed by atoms with Gasteiger partial charge in [-0.1, -0.05) is 0 Å². The van der Waals surface area contributed by atoms with Gasteiger partial charge in [0.05, 0.1) is 12.8 Å². The second kappa shape index (κ2) is 6.13. The summed E-state index contributed by atoms with van der Waals surface area (Å²) in [7, 11) is 0. The Balaban J connectivity index is 1.54. The van der Waals surface area contributed by atoms with E-state index < -0.39 is 0 Å². The maximum Gasteiger partial charge on any atom is 0.274 e. The van der Waals surface area contributed by atoms with Gasteiger partial charge in [-0.15, -0.1) is 0 Å². The molecule has 1 aliphatic heterocycles. The van der Waals surface area contributed by atoms with Gasteiger partial charge in [0, 0.05) is 38.9 Å². The summed E-state index contributed by atoms with van der Waals surface area (Å²) in [4.78, 5) is 16.5. The predicted molar refractivity (Wildman–Crippen MR) is 77.8 cm³/mol. The first-order chi connectivity index (χ1) is 10.3. The molecule has 2 aromatic heterocycles. The van der Waals surface area contributed by atoms with Gasteiger partial charge in [-0.05, 0) is 25.1 Å². The Labute approximate surface area is 123 Å². The fourth-order valence-corrected chi connectivity index (χ4v) is 2.55. The summed E-state index contributed by atoms with van der Waals surface area (Å²) in [6.07, 6.45) is 3.54. The zero-order chi connectivity index (χ0) is 14.7. The van der Waals surface area contributed by atoms with Crippen molar-refractivity contribution < 1.29 is 9.21 Å². The van der Waals surface area contributed by atoms with Crippen LogP contribution >= 0.6 is 0 Å². The molecule has 0 saturated carbocycles. The van der Waals surface area contributed by atoms with Gasteiger partial charge in [-0.25, -0.2) is 0 Å². The Morgan fingerprint density at radius 1 is 1.29 bits per heavy atom. The number of aromatic nitrogens is 2. The first-order valence-corrected chi connectivity index (χ1v) is 7.33. The van der Waals surface area contributed by atoms with Crippen LogP contribution in [0.25, 0.3) is 0 Å². The molecule has 0 N–H and O–H groups in total. The van der Waals surface area contributed by atoms with E-state index in [0.717, 1.165) is 45.0 Å². The molecule has 0 spiro atoms. The number of piperazine rings is 1. The third kappa shape index (κ3) is 3.16. The van der Waals surface area contributed by atoms with Crippen molar-refractivity contribution in [3.8, 4) is 0 Å². The Bertz CT molecular complexity index is 583. The van der Waals surface area contributed by atoms with Crippen LogP contribution in [0, 0.1) is 0 Å². The highest BCUT2D eigenvalue weighted by Crippen LogP contribution is 2.11. The van der Waals surface area contributed by atoms with Crippen molar-refractivity contribution in [1.82, 2.24) is 19.6 Å². The van der Waals surface area contributed by atoms with E-state index in [1.165, 1.54) is 0 Å². The third-order valence-electron chi connectivity index (χ3n) is 3.80. The van der Waals surface area contributed by atoms with Gasteiger partial charge in [0.2, 0.25) is 0 Å². The highest BCUT2D eigenvalue weighted by Gasteiger charge is 2.23. The number of hydrogen-bond acceptors (Lipinski definition) is 4. The second-order valence-electron chi connectivity index (χ2n) is 5.20. The lowest BCUT2D eigenvalue weighted by atomic mass is 10.2. The first kappa shape index (κ1) is 13.9. The molecule has 6 nitrogen and oxygen atoms in total. The molecule has 1 saturated heterocycles. The van der Waals surface area contributed by atoms with E-state index in [9.17, 15) is 4.79 Å². The van der Waals surface area contributed by atoms with E-state index in [1.54, 1.807) is 17.0 Å². The molecule has 1 fully saturated rings. The number of rotatable bonds is 4. The third-order valence-corrected chi connectivity index (χ3v) is 3.80. The maximum atomic E-state index is 12.4. The van der Waals surface area contributed by atoms with Crippen LogP contribution in [-0.2, 0) is 13.1 Å². The van der Waals surface area contributed by atoms with E-state index in [0.29, 0.717) is 5.69 Å². The molecule has 0 aromatic carbocycles.